The SMILES string of the molecule is COc1ccc(CN(Cc2ccc(OC)cc2)S(=O)(=O)c2c(S(=O)(=O)NC(C)CNC(=O)O)ccc(-c3cccc(N)n3)c2-c2nnn(Cc3ccc(OC)cc3)n2)cc1. The fourth-order valence-corrected chi connectivity index (χ4v) is 9.86. The Hall–Kier alpha value is -6.61. The minimum atomic E-state index is -4.93. The number of benzene rings is 4. The van der Waals surface area contributed by atoms with Crippen LogP contribution in [0.25, 0.3) is 22.6 Å². The lowest BCUT2D eigenvalue weighted by Crippen LogP contribution is -2.42. The fraction of sp³-hybridized carbons (Fsp3) is 0.225. The second kappa shape index (κ2) is 18.5. The number of nitrogen functional groups attached to an aromatic ring is 1. The molecule has 1 atom stereocenters. The van der Waals surface area contributed by atoms with Gasteiger partial charge in [0, 0.05) is 31.2 Å². The van der Waals surface area contributed by atoms with E-state index in [0.29, 0.717) is 28.4 Å². The Labute approximate surface area is 347 Å². The molecule has 18 nitrogen and oxygen atoms in total. The van der Waals surface area contributed by atoms with Crippen LogP contribution in [0, 0.1) is 0 Å². The predicted molar refractivity (Wildman–Crippen MR) is 221 cm³/mol. The van der Waals surface area contributed by atoms with Crippen LogP contribution in [0.15, 0.2) is 113 Å². The molecule has 0 radical (unpaired) electrons. The standard InChI is InChI=1S/C40H43N9O9S2/c1-26(22-42-40(50)51)46-59(52,53)35-21-20-33(34-6-5-7-36(41)43-34)37(39-44-47-49(45-39)25-29-12-18-32(58-4)19-13-29)38(35)60(54,55)48(23-27-8-14-30(56-2)15-9-27)24-28-10-16-31(57-3)17-11-28/h5-21,26,42,46H,22-25H2,1-4H3,(H2,41,43)(H,50,51). The first kappa shape index (κ1) is 43.0. The Kier molecular flexibility index (Phi) is 13.3. The van der Waals surface area contributed by atoms with Crippen LogP contribution in [0.5, 0.6) is 17.2 Å². The van der Waals surface area contributed by atoms with Gasteiger partial charge in [-0.3, -0.25) is 0 Å². The van der Waals surface area contributed by atoms with E-state index in [0.717, 1.165) is 15.9 Å². The summed E-state index contributed by atoms with van der Waals surface area (Å²) in [5, 5.41) is 24.5. The number of hydrogen-bond donors (Lipinski definition) is 4. The molecule has 0 bridgehead atoms. The van der Waals surface area contributed by atoms with Crippen LogP contribution in [0.1, 0.15) is 23.6 Å². The van der Waals surface area contributed by atoms with E-state index in [1.807, 2.05) is 0 Å². The number of ether oxygens (including phenoxy) is 3. The number of anilines is 1. The van der Waals surface area contributed by atoms with Gasteiger partial charge in [-0.2, -0.15) is 9.10 Å². The fourth-order valence-electron chi connectivity index (χ4n) is 6.21. The number of methoxy groups -OCH3 is 3. The van der Waals surface area contributed by atoms with Gasteiger partial charge in [-0.1, -0.05) is 48.5 Å². The van der Waals surface area contributed by atoms with Crippen LogP contribution in [-0.4, -0.2) is 91.4 Å². The highest BCUT2D eigenvalue weighted by Gasteiger charge is 2.38. The van der Waals surface area contributed by atoms with Crippen molar-refractivity contribution in [1.82, 2.24) is 39.5 Å². The molecule has 0 fully saturated rings. The summed E-state index contributed by atoms with van der Waals surface area (Å²) in [6, 6.07) is 26.9. The lowest BCUT2D eigenvalue weighted by atomic mass is 10.0. The highest BCUT2D eigenvalue weighted by Crippen LogP contribution is 2.41. The summed E-state index contributed by atoms with van der Waals surface area (Å²) in [6.07, 6.45) is -1.37. The Morgan fingerprint density at radius 1 is 0.800 bits per heavy atom. The monoisotopic (exact) mass is 857 g/mol. The number of nitrogens with one attached hydrogen (secondary N) is 2. The smallest absolute Gasteiger partial charge is 0.404 e. The van der Waals surface area contributed by atoms with E-state index < -0.39 is 42.0 Å². The third-order valence-electron chi connectivity index (χ3n) is 9.17. The number of sulfonamides is 2. The van der Waals surface area contributed by atoms with Crippen LogP contribution < -0.4 is 30.0 Å². The molecule has 0 saturated heterocycles. The number of aromatic nitrogens is 5. The Bertz CT molecular complexity index is 2610. The van der Waals surface area contributed by atoms with Crippen molar-refractivity contribution in [2.45, 2.75) is 42.4 Å². The third-order valence-corrected chi connectivity index (χ3v) is 12.8. The van der Waals surface area contributed by atoms with Gasteiger partial charge in [-0.05, 0) is 83.4 Å². The molecular weight excluding hydrogens is 815 g/mol. The zero-order valence-corrected chi connectivity index (χ0v) is 34.6. The summed E-state index contributed by atoms with van der Waals surface area (Å²) in [6.45, 7) is 0.778. The number of rotatable bonds is 18. The zero-order chi connectivity index (χ0) is 43.0. The molecule has 0 saturated carbocycles. The minimum absolute atomic E-state index is 0.109. The van der Waals surface area contributed by atoms with Crippen molar-refractivity contribution in [2.75, 3.05) is 33.6 Å². The van der Waals surface area contributed by atoms with Crippen molar-refractivity contribution in [3.8, 4) is 39.9 Å². The average Bonchev–Trinajstić information content (AvgIpc) is 3.70. The molecule has 314 valence electrons. The molecule has 20 heteroatoms. The zero-order valence-electron chi connectivity index (χ0n) is 33.0. The van der Waals surface area contributed by atoms with Gasteiger partial charge < -0.3 is 30.4 Å². The molecule has 5 N–H and O–H groups in total. The molecule has 0 aliphatic carbocycles. The van der Waals surface area contributed by atoms with E-state index in [1.165, 1.54) is 32.0 Å². The second-order valence-electron chi connectivity index (χ2n) is 13.4. The first-order valence-electron chi connectivity index (χ1n) is 18.3. The first-order valence-corrected chi connectivity index (χ1v) is 21.2. The molecule has 4 aromatic carbocycles. The van der Waals surface area contributed by atoms with E-state index in [9.17, 15) is 18.3 Å². The first-order chi connectivity index (χ1) is 28.7. The molecule has 1 unspecified atom stereocenters. The third kappa shape index (κ3) is 10.1. The number of nitrogens with zero attached hydrogens (tertiary/aromatic N) is 6. The predicted octanol–water partition coefficient (Wildman–Crippen LogP) is 4.38. The summed E-state index contributed by atoms with van der Waals surface area (Å²) in [7, 11) is -5.13. The van der Waals surface area contributed by atoms with E-state index in [1.54, 1.807) is 98.1 Å². The van der Waals surface area contributed by atoms with Crippen LogP contribution in [0.4, 0.5) is 10.6 Å². The van der Waals surface area contributed by atoms with Crippen molar-refractivity contribution < 1.29 is 40.9 Å². The van der Waals surface area contributed by atoms with Gasteiger partial charge in [0.15, 0.2) is 0 Å². The Balaban J connectivity index is 1.61. The Morgan fingerprint density at radius 3 is 1.87 bits per heavy atom. The number of carboxylic acid groups (broad SMARTS) is 1. The maximum absolute atomic E-state index is 15.7. The maximum Gasteiger partial charge on any atom is 0.404 e. The van der Waals surface area contributed by atoms with E-state index in [4.69, 9.17) is 19.9 Å². The summed E-state index contributed by atoms with van der Waals surface area (Å²) < 4.78 is 79.9. The van der Waals surface area contributed by atoms with Crippen LogP contribution in [0.2, 0.25) is 0 Å². The van der Waals surface area contributed by atoms with Gasteiger partial charge in [0.25, 0.3) is 0 Å². The number of amides is 1. The molecule has 1 amide bonds. The minimum Gasteiger partial charge on any atom is -0.497 e. The average molecular weight is 858 g/mol. The van der Waals surface area contributed by atoms with Gasteiger partial charge in [-0.15, -0.1) is 10.2 Å². The van der Waals surface area contributed by atoms with Crippen LogP contribution in [0.3, 0.4) is 0 Å². The number of carbonyl (C=O) groups is 1. The van der Waals surface area contributed by atoms with Crippen LogP contribution in [-0.2, 0) is 39.7 Å². The van der Waals surface area contributed by atoms with Crippen molar-refractivity contribution in [3.63, 3.8) is 0 Å². The molecule has 60 heavy (non-hydrogen) atoms. The largest absolute Gasteiger partial charge is 0.497 e. The van der Waals surface area contributed by atoms with E-state index in [2.05, 4.69) is 30.4 Å². The summed E-state index contributed by atoms with van der Waals surface area (Å²) in [4.78, 5) is 15.7. The highest BCUT2D eigenvalue weighted by molar-refractivity contribution is 7.92. The van der Waals surface area contributed by atoms with Crippen molar-refractivity contribution in [3.05, 3.63) is 120 Å². The summed E-state index contributed by atoms with van der Waals surface area (Å²) >= 11 is 0. The van der Waals surface area contributed by atoms with Gasteiger partial charge in [-0.25, -0.2) is 31.3 Å². The number of pyridine rings is 1. The molecule has 0 aliphatic rings. The number of hydrogen-bond acceptors (Lipinski definition) is 13. The molecule has 2 heterocycles. The topological polar surface area (TPSA) is 243 Å². The quantitative estimate of drug-likeness (QED) is 0.0938. The van der Waals surface area contributed by atoms with Gasteiger partial charge in [0.05, 0.1) is 39.1 Å². The highest BCUT2D eigenvalue weighted by atomic mass is 32.2. The second-order valence-corrected chi connectivity index (χ2v) is 17.0. The molecular formula is C40H43N9O9S2. The number of tetrazole rings is 1. The van der Waals surface area contributed by atoms with E-state index in [-0.39, 0.29) is 54.6 Å². The number of nitrogens with two attached hydrogens (primary N) is 1. The van der Waals surface area contributed by atoms with Gasteiger partial charge in [0.1, 0.15) is 32.9 Å². The summed E-state index contributed by atoms with van der Waals surface area (Å²) in [5.74, 6) is 1.60. The van der Waals surface area contributed by atoms with Gasteiger partial charge in [0.2, 0.25) is 25.9 Å². The maximum atomic E-state index is 15.7. The molecule has 2 aromatic heterocycles. The van der Waals surface area contributed by atoms with E-state index >= 15 is 8.42 Å². The molecule has 0 spiro atoms. The molecule has 0 aliphatic heterocycles. The molecule has 6 aromatic rings. The van der Waals surface area contributed by atoms with Crippen molar-refractivity contribution in [2.24, 2.45) is 0 Å². The molecule has 6 rings (SSSR count). The lowest BCUT2D eigenvalue weighted by molar-refractivity contribution is 0.193. The van der Waals surface area contributed by atoms with Crippen molar-refractivity contribution >= 4 is 32.0 Å². The van der Waals surface area contributed by atoms with Crippen LogP contribution >= 0.6 is 0 Å². The van der Waals surface area contributed by atoms with Crippen molar-refractivity contribution in [1.29, 1.82) is 0 Å². The Morgan fingerprint density at radius 2 is 1.35 bits per heavy atom. The lowest BCUT2D eigenvalue weighted by Gasteiger charge is -2.26. The summed E-state index contributed by atoms with van der Waals surface area (Å²) in [5.41, 5.74) is 8.11. The van der Waals surface area contributed by atoms with Gasteiger partial charge >= 0.3 is 6.09 Å². The normalized spacial score (nSPS) is 12.2.